The Morgan fingerprint density at radius 2 is 2.29 bits per heavy atom. The number of nitrogens with one attached hydrogen (secondary N) is 1. The molecule has 0 saturated heterocycles. The Kier molecular flexibility index (Phi) is 2.25. The number of aromatic amines is 1. The summed E-state index contributed by atoms with van der Waals surface area (Å²) >= 11 is 3.34. The van der Waals surface area contributed by atoms with Crippen molar-refractivity contribution in [3.63, 3.8) is 0 Å². The maximum Gasteiger partial charge on any atom is 0.326 e. The van der Waals surface area contributed by atoms with E-state index >= 15 is 0 Å². The summed E-state index contributed by atoms with van der Waals surface area (Å²) in [6.07, 6.45) is 0.703. The van der Waals surface area contributed by atoms with Gasteiger partial charge in [-0.25, -0.2) is 4.79 Å². The maximum absolute atomic E-state index is 11.4. The molecule has 0 bridgehead atoms. The molecule has 0 aliphatic carbocycles. The second-order valence-corrected chi connectivity index (χ2v) is 3.70. The van der Waals surface area contributed by atoms with Crippen molar-refractivity contribution < 1.29 is 4.79 Å². The van der Waals surface area contributed by atoms with Gasteiger partial charge in [0, 0.05) is 4.47 Å². The predicted molar refractivity (Wildman–Crippen MR) is 56.3 cm³/mol. The third kappa shape index (κ3) is 1.29. The molecular formula is C9H7BrN2O2. The van der Waals surface area contributed by atoms with Gasteiger partial charge in [-0.3, -0.25) is 4.57 Å². The van der Waals surface area contributed by atoms with Gasteiger partial charge in [-0.2, -0.15) is 0 Å². The van der Waals surface area contributed by atoms with Crippen molar-refractivity contribution in [2.24, 2.45) is 0 Å². The molecule has 1 heterocycles. The van der Waals surface area contributed by atoms with Crippen molar-refractivity contribution in [3.8, 4) is 0 Å². The van der Waals surface area contributed by atoms with Gasteiger partial charge in [-0.15, -0.1) is 0 Å². The number of fused-ring (bicyclic) bond motifs is 1. The molecule has 2 rings (SSSR count). The molecule has 1 N–H and O–H groups in total. The molecule has 0 atom stereocenters. The third-order valence-corrected chi connectivity index (χ3v) is 2.64. The Morgan fingerprint density at radius 3 is 3.00 bits per heavy atom. The zero-order valence-corrected chi connectivity index (χ0v) is 8.74. The molecule has 0 aliphatic rings. The number of rotatable bonds is 2. The summed E-state index contributed by atoms with van der Waals surface area (Å²) in [7, 11) is 0. The minimum Gasteiger partial charge on any atom is -0.305 e. The lowest BCUT2D eigenvalue weighted by Crippen LogP contribution is -2.17. The van der Waals surface area contributed by atoms with Crippen LogP contribution in [0.3, 0.4) is 0 Å². The van der Waals surface area contributed by atoms with E-state index in [-0.39, 0.29) is 12.2 Å². The van der Waals surface area contributed by atoms with E-state index in [2.05, 4.69) is 20.9 Å². The van der Waals surface area contributed by atoms with Crippen LogP contribution in [-0.4, -0.2) is 15.8 Å². The smallest absolute Gasteiger partial charge is 0.305 e. The van der Waals surface area contributed by atoms with Gasteiger partial charge in [-0.05, 0) is 28.1 Å². The number of hydrogen-bond acceptors (Lipinski definition) is 2. The summed E-state index contributed by atoms with van der Waals surface area (Å²) in [5.41, 5.74) is 1.19. The molecular weight excluding hydrogens is 248 g/mol. The number of imidazole rings is 1. The Morgan fingerprint density at radius 1 is 1.50 bits per heavy atom. The first-order valence-electron chi connectivity index (χ1n) is 4.04. The number of para-hydroxylation sites is 1. The predicted octanol–water partition coefficient (Wildman–Crippen LogP) is 1.29. The molecule has 4 nitrogen and oxygen atoms in total. The lowest BCUT2D eigenvalue weighted by Gasteiger charge is -1.98. The fourth-order valence-electron chi connectivity index (χ4n) is 1.42. The van der Waals surface area contributed by atoms with Gasteiger partial charge in [0.15, 0.2) is 0 Å². The summed E-state index contributed by atoms with van der Waals surface area (Å²) in [5, 5.41) is 0. The van der Waals surface area contributed by atoms with Crippen LogP contribution >= 0.6 is 15.9 Å². The number of H-pyrrole nitrogens is 1. The Labute approximate surface area is 87.7 Å². The first-order valence-corrected chi connectivity index (χ1v) is 4.84. The fourth-order valence-corrected chi connectivity index (χ4v) is 2.00. The van der Waals surface area contributed by atoms with Crippen LogP contribution in [0.1, 0.15) is 0 Å². The first-order chi connectivity index (χ1) is 6.74. The fraction of sp³-hybridized carbons (Fsp3) is 0.111. The van der Waals surface area contributed by atoms with E-state index in [0.29, 0.717) is 6.29 Å². The normalized spacial score (nSPS) is 10.6. The SMILES string of the molecule is O=CCn1c(=O)[nH]c2cccc(Br)c21. The Bertz CT molecular complexity index is 541. The van der Waals surface area contributed by atoms with Crippen LogP contribution in [0.4, 0.5) is 0 Å². The van der Waals surface area contributed by atoms with Crippen molar-refractivity contribution in [2.45, 2.75) is 6.54 Å². The standard InChI is InChI=1S/C9H7BrN2O2/c10-6-2-1-3-7-8(6)12(4-5-13)9(14)11-7/h1-3,5H,4H2,(H,11,14). The third-order valence-electron chi connectivity index (χ3n) is 2.00. The van der Waals surface area contributed by atoms with E-state index in [0.717, 1.165) is 15.5 Å². The van der Waals surface area contributed by atoms with Crippen LogP contribution < -0.4 is 5.69 Å². The number of nitrogens with zero attached hydrogens (tertiary/aromatic N) is 1. The van der Waals surface area contributed by atoms with Crippen LogP contribution in [0.2, 0.25) is 0 Å². The van der Waals surface area contributed by atoms with Crippen molar-refractivity contribution in [3.05, 3.63) is 33.2 Å². The van der Waals surface area contributed by atoms with Gasteiger partial charge in [0.05, 0.1) is 17.6 Å². The number of aromatic nitrogens is 2. The highest BCUT2D eigenvalue weighted by atomic mass is 79.9. The first kappa shape index (κ1) is 9.21. The van der Waals surface area contributed by atoms with Gasteiger partial charge >= 0.3 is 5.69 Å². The number of carbonyl (C=O) groups excluding carboxylic acids is 1. The van der Waals surface area contributed by atoms with E-state index < -0.39 is 0 Å². The summed E-state index contributed by atoms with van der Waals surface area (Å²) in [4.78, 5) is 24.5. The van der Waals surface area contributed by atoms with Gasteiger partial charge in [0.25, 0.3) is 0 Å². The minimum absolute atomic E-state index is 0.0709. The topological polar surface area (TPSA) is 54.9 Å². The zero-order chi connectivity index (χ0) is 10.1. The molecule has 0 fully saturated rings. The monoisotopic (exact) mass is 254 g/mol. The highest BCUT2D eigenvalue weighted by Crippen LogP contribution is 2.20. The molecule has 14 heavy (non-hydrogen) atoms. The van der Waals surface area contributed by atoms with Crippen molar-refractivity contribution in [1.29, 1.82) is 0 Å². The minimum atomic E-state index is -0.265. The summed E-state index contributed by atoms with van der Waals surface area (Å²) in [6.45, 7) is 0.0709. The van der Waals surface area contributed by atoms with Crippen molar-refractivity contribution in [1.82, 2.24) is 9.55 Å². The van der Waals surface area contributed by atoms with E-state index in [1.807, 2.05) is 12.1 Å². The van der Waals surface area contributed by atoms with Gasteiger partial charge < -0.3 is 9.78 Å². The lowest BCUT2D eigenvalue weighted by molar-refractivity contribution is -0.108. The molecule has 72 valence electrons. The summed E-state index contributed by atoms with van der Waals surface area (Å²) in [6, 6.07) is 5.45. The second kappa shape index (κ2) is 3.42. The maximum atomic E-state index is 11.4. The molecule has 0 saturated carbocycles. The van der Waals surface area contributed by atoms with E-state index in [1.54, 1.807) is 6.07 Å². The highest BCUT2D eigenvalue weighted by Gasteiger charge is 2.08. The van der Waals surface area contributed by atoms with Crippen LogP contribution in [0.5, 0.6) is 0 Å². The number of benzene rings is 1. The summed E-state index contributed by atoms with van der Waals surface area (Å²) in [5.74, 6) is 0. The van der Waals surface area contributed by atoms with E-state index in [9.17, 15) is 9.59 Å². The van der Waals surface area contributed by atoms with Crippen LogP contribution in [0.15, 0.2) is 27.5 Å². The quantitative estimate of drug-likeness (QED) is 0.822. The molecule has 0 spiro atoms. The summed E-state index contributed by atoms with van der Waals surface area (Å²) < 4.78 is 2.20. The van der Waals surface area contributed by atoms with Gasteiger partial charge in [-0.1, -0.05) is 6.07 Å². The van der Waals surface area contributed by atoms with Crippen molar-refractivity contribution in [2.75, 3.05) is 0 Å². The Balaban J connectivity index is 2.86. The molecule has 5 heteroatoms. The number of aldehydes is 1. The molecule has 0 aliphatic heterocycles. The molecule has 0 radical (unpaired) electrons. The van der Waals surface area contributed by atoms with Crippen molar-refractivity contribution >= 4 is 33.2 Å². The number of hydrogen-bond donors (Lipinski definition) is 1. The lowest BCUT2D eigenvalue weighted by atomic mass is 10.3. The Hall–Kier alpha value is -1.36. The molecule has 2 aromatic rings. The van der Waals surface area contributed by atoms with E-state index in [4.69, 9.17) is 0 Å². The molecule has 1 aromatic carbocycles. The largest absolute Gasteiger partial charge is 0.326 e. The molecule has 1 aromatic heterocycles. The van der Waals surface area contributed by atoms with Crippen LogP contribution in [0, 0.1) is 0 Å². The average Bonchev–Trinajstić information content (AvgIpc) is 2.45. The molecule has 0 unspecified atom stereocenters. The van der Waals surface area contributed by atoms with Gasteiger partial charge in [0.2, 0.25) is 0 Å². The second-order valence-electron chi connectivity index (χ2n) is 2.84. The van der Waals surface area contributed by atoms with Gasteiger partial charge in [0.1, 0.15) is 6.29 Å². The van der Waals surface area contributed by atoms with Crippen LogP contribution in [-0.2, 0) is 11.3 Å². The highest BCUT2D eigenvalue weighted by molar-refractivity contribution is 9.10. The van der Waals surface area contributed by atoms with Crippen LogP contribution in [0.25, 0.3) is 11.0 Å². The molecule has 0 amide bonds. The van der Waals surface area contributed by atoms with E-state index in [1.165, 1.54) is 4.57 Å². The zero-order valence-electron chi connectivity index (χ0n) is 7.16. The number of halogens is 1. The average molecular weight is 255 g/mol. The number of carbonyl (C=O) groups is 1.